The summed E-state index contributed by atoms with van der Waals surface area (Å²) in [4.78, 5) is 19.7. The van der Waals surface area contributed by atoms with Crippen LogP contribution in [0.5, 0.6) is 5.75 Å². The van der Waals surface area contributed by atoms with Crippen LogP contribution in [0.15, 0.2) is 48.5 Å². The zero-order valence-electron chi connectivity index (χ0n) is 18.5. The summed E-state index contributed by atoms with van der Waals surface area (Å²) in [6, 6.07) is 15.2. The van der Waals surface area contributed by atoms with Crippen LogP contribution in [-0.2, 0) is 17.8 Å². The first-order chi connectivity index (χ1) is 15.0. The topological polar surface area (TPSA) is 36.0 Å². The molecule has 4 rings (SSSR count). The van der Waals surface area contributed by atoms with E-state index in [-0.39, 0.29) is 30.2 Å². The number of ether oxygens (including phenoxy) is 1. The summed E-state index contributed by atoms with van der Waals surface area (Å²) in [6.07, 6.45) is 2.10. The van der Waals surface area contributed by atoms with E-state index < -0.39 is 0 Å². The van der Waals surface area contributed by atoms with Gasteiger partial charge in [0.2, 0.25) is 5.91 Å². The van der Waals surface area contributed by atoms with Crippen LogP contribution in [0.3, 0.4) is 0 Å². The molecule has 0 aliphatic carbocycles. The lowest BCUT2D eigenvalue weighted by atomic mass is 10.1. The Balaban J connectivity index is 1.49. The van der Waals surface area contributed by atoms with E-state index in [1.807, 2.05) is 23.1 Å². The van der Waals surface area contributed by atoms with Gasteiger partial charge in [-0.2, -0.15) is 0 Å². The Morgan fingerprint density at radius 1 is 1.13 bits per heavy atom. The van der Waals surface area contributed by atoms with E-state index in [0.29, 0.717) is 12.2 Å². The lowest BCUT2D eigenvalue weighted by molar-refractivity contribution is -0.131. The standard InChI is InChI=1S/C25H32FN3O2/c1-27(2)16-22-18-31-24-12-6-4-9-20(24)15-28(22)17-21-10-7-13-29(21)25(30)14-19-8-3-5-11-23(19)26/h3-6,8-9,11-12,21-22H,7,10,13-18H2,1-2H3. The summed E-state index contributed by atoms with van der Waals surface area (Å²) in [5.41, 5.74) is 1.66. The van der Waals surface area contributed by atoms with Gasteiger partial charge in [0.25, 0.3) is 0 Å². The minimum absolute atomic E-state index is 0.0169. The van der Waals surface area contributed by atoms with Crippen LogP contribution in [0.25, 0.3) is 0 Å². The Labute approximate surface area is 184 Å². The van der Waals surface area contributed by atoms with Crippen LogP contribution in [0.4, 0.5) is 4.39 Å². The maximum absolute atomic E-state index is 14.1. The van der Waals surface area contributed by atoms with Crippen molar-refractivity contribution in [2.45, 2.75) is 37.9 Å². The van der Waals surface area contributed by atoms with Crippen LogP contribution in [0, 0.1) is 5.82 Å². The molecule has 0 N–H and O–H groups in total. The van der Waals surface area contributed by atoms with Crippen LogP contribution in [-0.4, -0.2) is 73.0 Å². The van der Waals surface area contributed by atoms with Crippen LogP contribution in [0.1, 0.15) is 24.0 Å². The molecular formula is C25H32FN3O2. The van der Waals surface area contributed by atoms with E-state index in [1.54, 1.807) is 18.2 Å². The van der Waals surface area contributed by atoms with Crippen molar-refractivity contribution in [1.29, 1.82) is 0 Å². The number of halogens is 1. The molecular weight excluding hydrogens is 393 g/mol. The van der Waals surface area contributed by atoms with Crippen LogP contribution >= 0.6 is 0 Å². The first-order valence-electron chi connectivity index (χ1n) is 11.1. The largest absolute Gasteiger partial charge is 0.492 e. The molecule has 1 fully saturated rings. The first-order valence-corrected chi connectivity index (χ1v) is 11.1. The van der Waals surface area contributed by atoms with Gasteiger partial charge in [-0.1, -0.05) is 36.4 Å². The Bertz CT molecular complexity index is 904. The molecule has 5 nitrogen and oxygen atoms in total. The number of nitrogens with zero attached hydrogens (tertiary/aromatic N) is 3. The lowest BCUT2D eigenvalue weighted by Gasteiger charge is -2.35. The maximum atomic E-state index is 14.1. The molecule has 0 saturated carbocycles. The van der Waals surface area contributed by atoms with Gasteiger partial charge in [-0.15, -0.1) is 0 Å². The number of carbonyl (C=O) groups excluding carboxylic acids is 1. The average Bonchev–Trinajstić information content (AvgIpc) is 3.14. The number of rotatable bonds is 6. The second-order valence-corrected chi connectivity index (χ2v) is 8.92. The number of likely N-dealkylation sites (N-methyl/N-ethyl adjacent to an activating group) is 1. The Morgan fingerprint density at radius 2 is 1.90 bits per heavy atom. The number of carbonyl (C=O) groups is 1. The normalized spacial score (nSPS) is 21.6. The molecule has 166 valence electrons. The van der Waals surface area contributed by atoms with E-state index in [1.165, 1.54) is 11.6 Å². The molecule has 2 aromatic carbocycles. The molecule has 1 amide bonds. The van der Waals surface area contributed by atoms with Crippen molar-refractivity contribution in [3.8, 4) is 5.75 Å². The summed E-state index contributed by atoms with van der Waals surface area (Å²) in [5, 5.41) is 0. The van der Waals surface area contributed by atoms with Crippen LogP contribution < -0.4 is 4.74 Å². The minimum Gasteiger partial charge on any atom is -0.492 e. The van der Waals surface area contributed by atoms with E-state index >= 15 is 0 Å². The minimum atomic E-state index is -0.307. The SMILES string of the molecule is CN(C)CC1COc2ccccc2CN1CC1CCCN1C(=O)Cc1ccccc1F. The molecule has 6 heteroatoms. The fourth-order valence-corrected chi connectivity index (χ4v) is 4.75. The van der Waals surface area contributed by atoms with Crippen molar-refractivity contribution in [2.75, 3.05) is 40.3 Å². The third-order valence-corrected chi connectivity index (χ3v) is 6.31. The molecule has 0 aromatic heterocycles. The van der Waals surface area contributed by atoms with E-state index in [0.717, 1.165) is 44.8 Å². The fraction of sp³-hybridized carbons (Fsp3) is 0.480. The average molecular weight is 426 g/mol. The predicted molar refractivity (Wildman–Crippen MR) is 120 cm³/mol. The number of para-hydroxylation sites is 1. The Morgan fingerprint density at radius 3 is 2.71 bits per heavy atom. The van der Waals surface area contributed by atoms with Gasteiger partial charge < -0.3 is 14.5 Å². The van der Waals surface area contributed by atoms with E-state index in [4.69, 9.17) is 4.74 Å². The quantitative estimate of drug-likeness (QED) is 0.712. The maximum Gasteiger partial charge on any atom is 0.227 e. The van der Waals surface area contributed by atoms with Crippen molar-refractivity contribution in [3.05, 3.63) is 65.5 Å². The highest BCUT2D eigenvalue weighted by Gasteiger charge is 2.34. The van der Waals surface area contributed by atoms with Gasteiger partial charge in [-0.25, -0.2) is 4.39 Å². The molecule has 2 heterocycles. The third-order valence-electron chi connectivity index (χ3n) is 6.31. The number of hydrogen-bond acceptors (Lipinski definition) is 4. The molecule has 2 aliphatic heterocycles. The summed E-state index contributed by atoms with van der Waals surface area (Å²) < 4.78 is 20.2. The number of benzene rings is 2. The molecule has 31 heavy (non-hydrogen) atoms. The highest BCUT2D eigenvalue weighted by molar-refractivity contribution is 5.79. The Hall–Kier alpha value is -2.44. The second-order valence-electron chi connectivity index (χ2n) is 8.92. The third kappa shape index (κ3) is 5.25. The van der Waals surface area contributed by atoms with Crippen molar-refractivity contribution < 1.29 is 13.9 Å². The summed E-state index contributed by atoms with van der Waals surface area (Å²) in [7, 11) is 4.16. The zero-order valence-corrected chi connectivity index (χ0v) is 18.5. The van der Waals surface area contributed by atoms with Crippen molar-refractivity contribution in [2.24, 2.45) is 0 Å². The fourth-order valence-electron chi connectivity index (χ4n) is 4.75. The molecule has 0 radical (unpaired) electrons. The smallest absolute Gasteiger partial charge is 0.227 e. The van der Waals surface area contributed by atoms with Gasteiger partial charge in [-0.3, -0.25) is 9.69 Å². The molecule has 2 aliphatic rings. The van der Waals surface area contributed by atoms with Gasteiger partial charge in [0.15, 0.2) is 0 Å². The zero-order chi connectivity index (χ0) is 21.8. The number of hydrogen-bond donors (Lipinski definition) is 0. The molecule has 2 aromatic rings. The second kappa shape index (κ2) is 9.79. The van der Waals surface area contributed by atoms with Crippen molar-refractivity contribution >= 4 is 5.91 Å². The highest BCUT2D eigenvalue weighted by Crippen LogP contribution is 2.27. The van der Waals surface area contributed by atoms with Gasteiger partial charge in [-0.05, 0) is 44.6 Å². The van der Waals surface area contributed by atoms with Gasteiger partial charge >= 0.3 is 0 Å². The highest BCUT2D eigenvalue weighted by atomic mass is 19.1. The number of likely N-dealkylation sites (tertiary alicyclic amines) is 1. The molecule has 1 saturated heterocycles. The van der Waals surface area contributed by atoms with E-state index in [2.05, 4.69) is 30.0 Å². The molecule has 2 atom stereocenters. The van der Waals surface area contributed by atoms with Gasteiger partial charge in [0, 0.05) is 37.8 Å². The first kappa shape index (κ1) is 21.8. The number of fused-ring (bicyclic) bond motifs is 1. The van der Waals surface area contributed by atoms with Gasteiger partial charge in [0.05, 0.1) is 12.5 Å². The molecule has 2 unspecified atom stereocenters. The summed E-state index contributed by atoms with van der Waals surface area (Å²) in [6.45, 7) is 3.88. The number of amides is 1. The molecule has 0 bridgehead atoms. The van der Waals surface area contributed by atoms with Crippen molar-refractivity contribution in [3.63, 3.8) is 0 Å². The monoisotopic (exact) mass is 425 g/mol. The Kier molecular flexibility index (Phi) is 6.88. The van der Waals surface area contributed by atoms with Gasteiger partial charge in [0.1, 0.15) is 18.2 Å². The summed E-state index contributed by atoms with van der Waals surface area (Å²) in [5.74, 6) is 0.662. The predicted octanol–water partition coefficient (Wildman–Crippen LogP) is 3.18. The molecule has 0 spiro atoms. The van der Waals surface area contributed by atoms with E-state index in [9.17, 15) is 9.18 Å². The van der Waals surface area contributed by atoms with Crippen LogP contribution in [0.2, 0.25) is 0 Å². The summed E-state index contributed by atoms with van der Waals surface area (Å²) >= 11 is 0. The van der Waals surface area contributed by atoms with Crippen molar-refractivity contribution in [1.82, 2.24) is 14.7 Å². The lowest BCUT2D eigenvalue weighted by Crippen LogP contribution is -2.50.